The van der Waals surface area contributed by atoms with Crippen LogP contribution in [0.1, 0.15) is 94.0 Å². The number of hydrogen-bond acceptors (Lipinski definition) is 14. The first-order chi connectivity index (χ1) is 34.0. The van der Waals surface area contributed by atoms with Crippen LogP contribution in [-0.2, 0) is 40.4 Å². The summed E-state index contributed by atoms with van der Waals surface area (Å²) < 4.78 is 0. The largest absolute Gasteiger partial charge is 2.00 e. The van der Waals surface area contributed by atoms with Gasteiger partial charge in [0.1, 0.15) is 12.6 Å². The van der Waals surface area contributed by atoms with Gasteiger partial charge >= 0.3 is 27.3 Å². The Morgan fingerprint density at radius 1 is 0.451 bits per heavy atom. The van der Waals surface area contributed by atoms with E-state index in [1.54, 1.807) is 49.1 Å². The molecule has 0 aliphatic carbocycles. The quantitative estimate of drug-likeness (QED) is 0.115. The summed E-state index contributed by atoms with van der Waals surface area (Å²) in [5.74, 6) is -3.45. The number of carboxylic acid groups (broad SMARTS) is 2. The van der Waals surface area contributed by atoms with Crippen LogP contribution in [0.15, 0.2) is 170 Å². The Kier molecular flexibility index (Phi) is 20.9. The molecule has 71 heavy (non-hydrogen) atoms. The molecule has 16 nitrogen and oxygen atoms in total. The molecule has 0 saturated carbocycles. The van der Waals surface area contributed by atoms with Gasteiger partial charge in [-0.3, -0.25) is 48.5 Å². The molecule has 17 heteroatoms. The van der Waals surface area contributed by atoms with Gasteiger partial charge in [0.25, 0.3) is 23.6 Å². The molecular weight excluding hydrogens is 1010 g/mol. The molecule has 0 fully saturated rings. The van der Waals surface area contributed by atoms with Crippen molar-refractivity contribution < 1.29 is 86.1 Å². The molecule has 4 amide bonds. The molecule has 0 spiro atoms. The smallest absolute Gasteiger partial charge is 0.545 e. The number of aromatic carboxylic acids is 2. The number of rotatable bonds is 8. The number of hydrogen-bond donors (Lipinski definition) is 2. The van der Waals surface area contributed by atoms with Crippen LogP contribution < -0.4 is 10.2 Å². The number of imide groups is 2. The van der Waals surface area contributed by atoms with Gasteiger partial charge in [-0.2, -0.15) is 0 Å². The number of benzene rings is 6. The van der Waals surface area contributed by atoms with Crippen molar-refractivity contribution in [1.82, 2.24) is 19.8 Å². The normalized spacial score (nSPS) is 11.5. The third kappa shape index (κ3) is 13.4. The molecule has 0 atom stereocenters. The number of amides is 4. The maximum atomic E-state index is 12.7. The maximum Gasteiger partial charge on any atom is 2.00 e. The van der Waals surface area contributed by atoms with Crippen molar-refractivity contribution in [2.24, 2.45) is 0 Å². The first-order valence-electron chi connectivity index (χ1n) is 20.9. The summed E-state index contributed by atoms with van der Waals surface area (Å²) in [6, 6.07) is 40.4. The van der Waals surface area contributed by atoms with E-state index in [0.29, 0.717) is 46.0 Å². The molecule has 2 aliphatic heterocycles. The van der Waals surface area contributed by atoms with Crippen LogP contribution in [0.4, 0.5) is 0 Å². The first-order valence-corrected chi connectivity index (χ1v) is 20.9. The average Bonchev–Trinajstić information content (AvgIpc) is 3.41. The van der Waals surface area contributed by atoms with E-state index in [9.17, 15) is 48.6 Å². The van der Waals surface area contributed by atoms with Gasteiger partial charge in [0.15, 0.2) is 0 Å². The summed E-state index contributed by atoms with van der Waals surface area (Å²) in [6.07, 6.45) is 7.93. The van der Waals surface area contributed by atoms with Crippen molar-refractivity contribution in [3.63, 3.8) is 0 Å². The van der Waals surface area contributed by atoms with Crippen LogP contribution in [0.25, 0.3) is 21.5 Å². The Hall–Kier alpha value is -8.46. The Bertz CT molecular complexity index is 2860. The number of carboxylic acids is 2. The van der Waals surface area contributed by atoms with Crippen LogP contribution in [0.5, 0.6) is 0 Å². The van der Waals surface area contributed by atoms with Gasteiger partial charge in [0.2, 0.25) is 0 Å². The summed E-state index contributed by atoms with van der Waals surface area (Å²) in [6.45, 7) is 0.510. The average molecular weight is 1050 g/mol. The van der Waals surface area contributed by atoms with Crippen LogP contribution in [0, 0.1) is 0 Å². The third-order valence-corrected chi connectivity index (χ3v) is 10.5. The number of carbonyl (C=O) groups is 8. The number of aldehydes is 2. The number of aliphatic hydroxyl groups excluding tert-OH is 2. The fraction of sp³-hybridized carbons (Fsp3) is 0.0741. The van der Waals surface area contributed by atoms with Crippen LogP contribution >= 0.6 is 0 Å². The number of aromatic nitrogens is 2. The van der Waals surface area contributed by atoms with Gasteiger partial charge in [-0.1, -0.05) is 97.1 Å². The number of carbonyl (C=O) groups excluding carboxylic acids is 8. The fourth-order valence-corrected chi connectivity index (χ4v) is 7.19. The van der Waals surface area contributed by atoms with Crippen molar-refractivity contribution in [2.45, 2.75) is 13.1 Å². The molecule has 8 aromatic rings. The van der Waals surface area contributed by atoms with E-state index >= 15 is 0 Å². The topological polar surface area (TPSA) is 255 Å². The molecule has 4 heterocycles. The van der Waals surface area contributed by atoms with Crippen LogP contribution in [0.2, 0.25) is 0 Å². The zero-order valence-electron chi connectivity index (χ0n) is 38.2. The van der Waals surface area contributed by atoms with Crippen LogP contribution in [0.3, 0.4) is 0 Å². The van der Waals surface area contributed by atoms with Gasteiger partial charge in [-0.25, -0.2) is 0 Å². The molecule has 352 valence electrons. The number of pyridine rings is 2. The minimum Gasteiger partial charge on any atom is -0.545 e. The van der Waals surface area contributed by atoms with Gasteiger partial charge in [-0.05, 0) is 81.6 Å². The Morgan fingerprint density at radius 2 is 0.718 bits per heavy atom. The minimum absolute atomic E-state index is 0. The Balaban J connectivity index is 0.000000210. The summed E-state index contributed by atoms with van der Waals surface area (Å²) in [5.41, 5.74) is 5.16. The summed E-state index contributed by atoms with van der Waals surface area (Å²) in [4.78, 5) is 102. The molecule has 2 N–H and O–H groups in total. The van der Waals surface area contributed by atoms with E-state index in [2.05, 4.69) is 9.97 Å². The van der Waals surface area contributed by atoms with Crippen molar-refractivity contribution >= 4 is 69.7 Å². The molecule has 0 saturated heterocycles. The zero-order valence-corrected chi connectivity index (χ0v) is 42.2. The Morgan fingerprint density at radius 3 is 0.958 bits per heavy atom. The van der Waals surface area contributed by atoms with Crippen molar-refractivity contribution in [2.75, 3.05) is 14.2 Å². The Labute approximate surface area is 426 Å². The van der Waals surface area contributed by atoms with Crippen molar-refractivity contribution in [3.05, 3.63) is 226 Å². The molecule has 2 aromatic heterocycles. The standard InChI is InChI=1S/2C18H12N2O2.2C8H6O3.2CH4O.Cd/c2*21-17-14-5-1-3-13-4-2-6-15(16(13)14)18(22)20(17)11-12-7-9-19-10-8-12;2*9-5-6-1-3-7(4-2-6)8(10)11;2*1-2;/h2*1-10H,11H2;2*1-5H,(H,10,11);2*2H,1H3;/q;;;;;;+2/p-2. The third-order valence-electron chi connectivity index (χ3n) is 10.5. The van der Waals surface area contributed by atoms with E-state index in [1.165, 1.54) is 58.3 Å². The summed E-state index contributed by atoms with van der Waals surface area (Å²) in [5, 5.41) is 37.7. The van der Waals surface area contributed by atoms with Crippen molar-refractivity contribution in [3.8, 4) is 0 Å². The fourth-order valence-electron chi connectivity index (χ4n) is 7.19. The molecule has 6 aromatic carbocycles. The summed E-state index contributed by atoms with van der Waals surface area (Å²) in [7, 11) is 2.00. The van der Waals surface area contributed by atoms with E-state index in [1.807, 2.05) is 72.8 Å². The summed E-state index contributed by atoms with van der Waals surface area (Å²) >= 11 is 0. The first kappa shape index (κ1) is 55.1. The van der Waals surface area contributed by atoms with E-state index in [-0.39, 0.29) is 75.1 Å². The minimum atomic E-state index is -1.23. The monoisotopic (exact) mass is 1050 g/mol. The zero-order chi connectivity index (χ0) is 50.7. The second-order valence-corrected chi connectivity index (χ2v) is 14.6. The second kappa shape index (κ2) is 26.9. The molecule has 2 aliphatic rings. The number of nitrogens with zero attached hydrogens (tertiary/aromatic N) is 4. The molecule has 0 radical (unpaired) electrons. The predicted octanol–water partition coefficient (Wildman–Crippen LogP) is 5.00. The van der Waals surface area contributed by atoms with Gasteiger partial charge in [-0.15, -0.1) is 0 Å². The molecular formula is C54H42CdN4O12. The molecule has 0 bridgehead atoms. The number of aliphatic hydroxyl groups is 2. The van der Waals surface area contributed by atoms with E-state index < -0.39 is 11.9 Å². The van der Waals surface area contributed by atoms with Gasteiger partial charge < -0.3 is 30.0 Å². The van der Waals surface area contributed by atoms with Crippen molar-refractivity contribution in [1.29, 1.82) is 0 Å². The van der Waals surface area contributed by atoms with Crippen LogP contribution in [-0.4, -0.2) is 92.3 Å². The predicted molar refractivity (Wildman–Crippen MR) is 253 cm³/mol. The van der Waals surface area contributed by atoms with E-state index in [4.69, 9.17) is 10.2 Å². The second-order valence-electron chi connectivity index (χ2n) is 14.6. The molecule has 10 rings (SSSR count). The maximum absolute atomic E-state index is 12.7. The molecule has 0 unspecified atom stereocenters. The SMILES string of the molecule is CO.CO.O=C1c2cccc3cccc(c23)C(=O)N1Cc1ccncc1.O=C1c2cccc3cccc(c23)C(=O)N1Cc1ccncc1.O=Cc1ccc(C(=O)[O-])cc1.O=Cc1ccc(C(=O)[O-])cc1.[Cd+2]. The van der Waals surface area contributed by atoms with Gasteiger partial charge in [0, 0.05) is 83.2 Å². The van der Waals surface area contributed by atoms with E-state index in [0.717, 1.165) is 46.9 Å². The van der Waals surface area contributed by atoms with Gasteiger partial charge in [0.05, 0.1) is 25.0 Å².